The Morgan fingerprint density at radius 2 is 2.15 bits per heavy atom. The van der Waals surface area contributed by atoms with Gasteiger partial charge in [0.15, 0.2) is 0 Å². The molecule has 0 aliphatic heterocycles. The van der Waals surface area contributed by atoms with Gasteiger partial charge in [0, 0.05) is 22.3 Å². The standard InChI is InChI=1S/C13H10BrClN2O3/c1-8-5-9(14)6-16(13(8)18)7-10-11(15)3-2-4-12(10)17(19)20/h2-6H,7H2,1H3. The highest BCUT2D eigenvalue weighted by Crippen LogP contribution is 2.27. The monoisotopic (exact) mass is 356 g/mol. The molecule has 0 saturated heterocycles. The molecule has 0 amide bonds. The fourth-order valence-electron chi connectivity index (χ4n) is 1.90. The zero-order valence-corrected chi connectivity index (χ0v) is 12.8. The molecule has 5 nitrogen and oxygen atoms in total. The highest BCUT2D eigenvalue weighted by Gasteiger charge is 2.17. The molecule has 20 heavy (non-hydrogen) atoms. The van der Waals surface area contributed by atoms with E-state index < -0.39 is 4.92 Å². The Labute approximate surface area is 128 Å². The molecular formula is C13H10BrClN2O3. The number of halogens is 2. The van der Waals surface area contributed by atoms with Crippen LogP contribution in [0.15, 0.2) is 39.7 Å². The molecule has 7 heteroatoms. The molecule has 104 valence electrons. The van der Waals surface area contributed by atoms with Crippen LogP contribution in [-0.4, -0.2) is 9.49 Å². The predicted octanol–water partition coefficient (Wildman–Crippen LogP) is 3.53. The quantitative estimate of drug-likeness (QED) is 0.623. The number of rotatable bonds is 3. The second-order valence-electron chi connectivity index (χ2n) is 4.27. The summed E-state index contributed by atoms with van der Waals surface area (Å²) in [4.78, 5) is 22.6. The first-order valence-corrected chi connectivity index (χ1v) is 6.85. The minimum atomic E-state index is -0.503. The third-order valence-corrected chi connectivity index (χ3v) is 3.64. The lowest BCUT2D eigenvalue weighted by atomic mass is 10.1. The Morgan fingerprint density at radius 3 is 2.80 bits per heavy atom. The summed E-state index contributed by atoms with van der Waals surface area (Å²) in [6, 6.07) is 6.15. The zero-order valence-electron chi connectivity index (χ0n) is 10.5. The Bertz CT molecular complexity index is 743. The summed E-state index contributed by atoms with van der Waals surface area (Å²) in [7, 11) is 0. The van der Waals surface area contributed by atoms with Gasteiger partial charge in [0.25, 0.3) is 11.2 Å². The van der Waals surface area contributed by atoms with Crippen LogP contribution in [0.5, 0.6) is 0 Å². The molecule has 1 aromatic carbocycles. The van der Waals surface area contributed by atoms with Crippen molar-refractivity contribution >= 4 is 33.2 Å². The van der Waals surface area contributed by atoms with Crippen LogP contribution in [-0.2, 0) is 6.54 Å². The molecule has 0 atom stereocenters. The van der Waals surface area contributed by atoms with Gasteiger partial charge in [-0.1, -0.05) is 17.7 Å². The molecule has 1 aromatic heterocycles. The van der Waals surface area contributed by atoms with Crippen LogP contribution in [0.1, 0.15) is 11.1 Å². The lowest BCUT2D eigenvalue weighted by molar-refractivity contribution is -0.385. The minimum absolute atomic E-state index is 0.0507. The average molecular weight is 358 g/mol. The lowest BCUT2D eigenvalue weighted by Crippen LogP contribution is -2.22. The summed E-state index contributed by atoms with van der Waals surface area (Å²) in [6.45, 7) is 1.74. The molecule has 1 heterocycles. The van der Waals surface area contributed by atoms with E-state index in [1.807, 2.05) is 0 Å². The van der Waals surface area contributed by atoms with E-state index in [9.17, 15) is 14.9 Å². The number of nitro groups is 1. The maximum absolute atomic E-state index is 12.0. The van der Waals surface area contributed by atoms with E-state index >= 15 is 0 Å². The van der Waals surface area contributed by atoms with Crippen molar-refractivity contribution < 1.29 is 4.92 Å². The Hall–Kier alpha value is -1.66. The Balaban J connectivity index is 2.56. The van der Waals surface area contributed by atoms with Crippen LogP contribution in [0, 0.1) is 17.0 Å². The summed E-state index contributed by atoms with van der Waals surface area (Å²) >= 11 is 9.32. The predicted molar refractivity (Wildman–Crippen MR) is 80.3 cm³/mol. The number of nitro benzene ring substituents is 1. The maximum Gasteiger partial charge on any atom is 0.275 e. The number of pyridine rings is 1. The van der Waals surface area contributed by atoms with E-state index in [-0.39, 0.29) is 22.8 Å². The Kier molecular flexibility index (Phi) is 4.25. The second kappa shape index (κ2) is 5.76. The molecule has 0 spiro atoms. The molecule has 0 N–H and O–H groups in total. The first-order chi connectivity index (χ1) is 9.40. The van der Waals surface area contributed by atoms with Crippen molar-refractivity contribution in [2.45, 2.75) is 13.5 Å². The van der Waals surface area contributed by atoms with Crippen LogP contribution in [0.2, 0.25) is 5.02 Å². The van der Waals surface area contributed by atoms with Gasteiger partial charge in [-0.05, 0) is 35.0 Å². The van der Waals surface area contributed by atoms with Gasteiger partial charge in [0.05, 0.1) is 22.1 Å². The lowest BCUT2D eigenvalue weighted by Gasteiger charge is -2.09. The highest BCUT2D eigenvalue weighted by molar-refractivity contribution is 9.10. The summed E-state index contributed by atoms with van der Waals surface area (Å²) in [5, 5.41) is 11.3. The van der Waals surface area contributed by atoms with Gasteiger partial charge in [0.2, 0.25) is 0 Å². The molecular weight excluding hydrogens is 348 g/mol. The van der Waals surface area contributed by atoms with E-state index in [0.717, 1.165) is 4.47 Å². The highest BCUT2D eigenvalue weighted by atomic mass is 79.9. The number of aromatic nitrogens is 1. The summed E-state index contributed by atoms with van der Waals surface area (Å²) in [5.74, 6) is 0. The van der Waals surface area contributed by atoms with Crippen LogP contribution in [0.25, 0.3) is 0 Å². The molecule has 0 fully saturated rings. The number of aryl methyl sites for hydroxylation is 1. The van der Waals surface area contributed by atoms with Crippen molar-refractivity contribution in [1.29, 1.82) is 0 Å². The van der Waals surface area contributed by atoms with Crippen molar-refractivity contribution in [2.24, 2.45) is 0 Å². The number of hydrogen-bond acceptors (Lipinski definition) is 3. The van der Waals surface area contributed by atoms with E-state index in [1.54, 1.807) is 25.3 Å². The zero-order chi connectivity index (χ0) is 14.9. The van der Waals surface area contributed by atoms with Gasteiger partial charge in [0.1, 0.15) is 0 Å². The second-order valence-corrected chi connectivity index (χ2v) is 5.59. The van der Waals surface area contributed by atoms with Gasteiger partial charge >= 0.3 is 0 Å². The third-order valence-electron chi connectivity index (χ3n) is 2.85. The van der Waals surface area contributed by atoms with Gasteiger partial charge < -0.3 is 4.57 Å². The van der Waals surface area contributed by atoms with Crippen LogP contribution in [0.4, 0.5) is 5.69 Å². The van der Waals surface area contributed by atoms with Crippen molar-refractivity contribution in [1.82, 2.24) is 4.57 Å². The van der Waals surface area contributed by atoms with Crippen LogP contribution < -0.4 is 5.56 Å². The largest absolute Gasteiger partial charge is 0.309 e. The van der Waals surface area contributed by atoms with E-state index in [4.69, 9.17) is 11.6 Å². The minimum Gasteiger partial charge on any atom is -0.309 e. The molecule has 2 aromatic rings. The fourth-order valence-corrected chi connectivity index (χ4v) is 2.72. The fraction of sp³-hybridized carbons (Fsp3) is 0.154. The third kappa shape index (κ3) is 2.91. The summed E-state index contributed by atoms with van der Waals surface area (Å²) < 4.78 is 2.12. The van der Waals surface area contributed by atoms with E-state index in [0.29, 0.717) is 11.1 Å². The van der Waals surface area contributed by atoms with Gasteiger partial charge in [-0.2, -0.15) is 0 Å². The van der Waals surface area contributed by atoms with E-state index in [2.05, 4.69) is 15.9 Å². The number of nitrogens with zero attached hydrogens (tertiary/aromatic N) is 2. The first kappa shape index (κ1) is 14.7. The number of benzene rings is 1. The summed E-state index contributed by atoms with van der Waals surface area (Å²) in [5.41, 5.74) is 0.567. The van der Waals surface area contributed by atoms with Crippen molar-refractivity contribution in [2.75, 3.05) is 0 Å². The topological polar surface area (TPSA) is 65.1 Å². The maximum atomic E-state index is 12.0. The van der Waals surface area contributed by atoms with Gasteiger partial charge in [-0.25, -0.2) is 0 Å². The van der Waals surface area contributed by atoms with Crippen molar-refractivity contribution in [3.05, 3.63) is 71.6 Å². The van der Waals surface area contributed by atoms with Crippen LogP contribution >= 0.6 is 27.5 Å². The Morgan fingerprint density at radius 1 is 1.45 bits per heavy atom. The smallest absolute Gasteiger partial charge is 0.275 e. The molecule has 0 saturated carbocycles. The summed E-state index contributed by atoms with van der Waals surface area (Å²) in [6.07, 6.45) is 1.59. The van der Waals surface area contributed by atoms with E-state index in [1.165, 1.54) is 16.7 Å². The van der Waals surface area contributed by atoms with Crippen LogP contribution in [0.3, 0.4) is 0 Å². The van der Waals surface area contributed by atoms with Gasteiger partial charge in [-0.3, -0.25) is 14.9 Å². The first-order valence-electron chi connectivity index (χ1n) is 5.68. The van der Waals surface area contributed by atoms with Crippen molar-refractivity contribution in [3.8, 4) is 0 Å². The molecule has 0 radical (unpaired) electrons. The normalized spacial score (nSPS) is 10.6. The SMILES string of the molecule is Cc1cc(Br)cn(Cc2c(Cl)cccc2[N+](=O)[O-])c1=O. The molecule has 0 aliphatic carbocycles. The average Bonchev–Trinajstić information content (AvgIpc) is 2.37. The number of hydrogen-bond donors (Lipinski definition) is 0. The molecule has 0 bridgehead atoms. The molecule has 0 unspecified atom stereocenters. The van der Waals surface area contributed by atoms with Crippen molar-refractivity contribution in [3.63, 3.8) is 0 Å². The molecule has 0 aliphatic rings. The van der Waals surface area contributed by atoms with Gasteiger partial charge in [-0.15, -0.1) is 0 Å². The molecule has 2 rings (SSSR count).